The topological polar surface area (TPSA) is 42.0 Å². The zero-order valence-electron chi connectivity index (χ0n) is 7.70. The first-order valence-corrected chi connectivity index (χ1v) is 5.26. The molecule has 1 aliphatic rings. The first-order chi connectivity index (χ1) is 6.18. The molecule has 1 N–H and O–H groups in total. The van der Waals surface area contributed by atoms with E-state index >= 15 is 0 Å². The minimum Gasteiger partial charge on any atom is -0.347 e. The van der Waals surface area contributed by atoms with Crippen LogP contribution >= 0.6 is 11.3 Å². The Kier molecular flexibility index (Phi) is 1.87. The van der Waals surface area contributed by atoms with Crippen LogP contribution in [0.4, 0.5) is 0 Å². The lowest BCUT2D eigenvalue weighted by atomic mass is 9.72. The van der Waals surface area contributed by atoms with Gasteiger partial charge in [-0.25, -0.2) is 0 Å². The molecule has 1 aromatic rings. The van der Waals surface area contributed by atoms with E-state index in [1.807, 2.05) is 20.0 Å². The van der Waals surface area contributed by atoms with Crippen molar-refractivity contribution in [3.05, 3.63) is 16.6 Å². The quantitative estimate of drug-likeness (QED) is 0.732. The van der Waals surface area contributed by atoms with Gasteiger partial charge in [0.05, 0.1) is 17.0 Å². The molecule has 3 nitrogen and oxygen atoms in total. The molecule has 2 unspecified atom stereocenters. The Morgan fingerprint density at radius 2 is 2.54 bits per heavy atom. The number of hydrogen-bond acceptors (Lipinski definition) is 3. The Morgan fingerprint density at radius 1 is 1.77 bits per heavy atom. The van der Waals surface area contributed by atoms with Crippen LogP contribution in [0.5, 0.6) is 0 Å². The molecule has 0 saturated carbocycles. The molecule has 2 heterocycles. The Morgan fingerprint density at radius 3 is 3.00 bits per heavy atom. The van der Waals surface area contributed by atoms with Crippen molar-refractivity contribution in [2.24, 2.45) is 5.41 Å². The molecular formula is C9H12N2OS. The highest BCUT2D eigenvalue weighted by molar-refractivity contribution is 7.09. The number of aromatic nitrogens is 1. The van der Waals surface area contributed by atoms with Gasteiger partial charge in [-0.3, -0.25) is 9.78 Å². The summed E-state index contributed by atoms with van der Waals surface area (Å²) in [5, 5.41) is 2.92. The zero-order valence-corrected chi connectivity index (χ0v) is 8.52. The van der Waals surface area contributed by atoms with Crippen LogP contribution in [0.2, 0.25) is 0 Å². The van der Waals surface area contributed by atoms with Crippen LogP contribution in [0.1, 0.15) is 31.2 Å². The number of thiazole rings is 1. The van der Waals surface area contributed by atoms with Crippen LogP contribution < -0.4 is 5.32 Å². The highest BCUT2D eigenvalue weighted by atomic mass is 32.1. The van der Waals surface area contributed by atoms with E-state index in [9.17, 15) is 4.79 Å². The number of nitrogens with one attached hydrogen (secondary N) is 1. The van der Waals surface area contributed by atoms with Gasteiger partial charge in [-0.1, -0.05) is 6.92 Å². The maximum Gasteiger partial charge on any atom is 0.228 e. The van der Waals surface area contributed by atoms with Gasteiger partial charge in [0.25, 0.3) is 0 Å². The van der Waals surface area contributed by atoms with Crippen molar-refractivity contribution in [3.8, 4) is 0 Å². The van der Waals surface area contributed by atoms with Gasteiger partial charge in [0.1, 0.15) is 0 Å². The van der Waals surface area contributed by atoms with Crippen LogP contribution in [-0.4, -0.2) is 10.9 Å². The van der Waals surface area contributed by atoms with Crippen molar-refractivity contribution in [1.82, 2.24) is 10.3 Å². The molecule has 0 radical (unpaired) electrons. The standard InChI is InChI=1S/C9H12N2OS/c1-3-9(2)7(11-8(9)12)6-4-10-5-13-6/h4-5,7H,3H2,1-2H3,(H,11,12). The van der Waals surface area contributed by atoms with Crippen molar-refractivity contribution in [1.29, 1.82) is 0 Å². The molecule has 0 bridgehead atoms. The summed E-state index contributed by atoms with van der Waals surface area (Å²) in [5.41, 5.74) is 1.59. The van der Waals surface area contributed by atoms with Crippen LogP contribution in [0.15, 0.2) is 11.7 Å². The van der Waals surface area contributed by atoms with Crippen molar-refractivity contribution in [3.63, 3.8) is 0 Å². The number of nitrogens with zero attached hydrogens (tertiary/aromatic N) is 1. The van der Waals surface area contributed by atoms with Gasteiger partial charge in [-0.2, -0.15) is 0 Å². The molecule has 2 rings (SSSR count). The van der Waals surface area contributed by atoms with E-state index in [0.29, 0.717) is 0 Å². The van der Waals surface area contributed by atoms with Gasteiger partial charge in [0, 0.05) is 11.1 Å². The average Bonchev–Trinajstić information content (AvgIpc) is 2.65. The molecule has 0 spiro atoms. The van der Waals surface area contributed by atoms with Gasteiger partial charge in [0.15, 0.2) is 0 Å². The number of carbonyl (C=O) groups excluding carboxylic acids is 1. The lowest BCUT2D eigenvalue weighted by Gasteiger charge is -2.45. The van der Waals surface area contributed by atoms with E-state index in [2.05, 4.69) is 10.3 Å². The first kappa shape index (κ1) is 8.69. The zero-order chi connectivity index (χ0) is 9.47. The maximum absolute atomic E-state index is 11.4. The molecular weight excluding hydrogens is 184 g/mol. The molecule has 1 saturated heterocycles. The molecule has 70 valence electrons. The Labute approximate surface area is 81.2 Å². The van der Waals surface area contributed by atoms with Gasteiger partial charge >= 0.3 is 0 Å². The van der Waals surface area contributed by atoms with Crippen LogP contribution in [0.3, 0.4) is 0 Å². The maximum atomic E-state index is 11.4. The fraction of sp³-hybridized carbons (Fsp3) is 0.556. The second-order valence-electron chi connectivity index (χ2n) is 3.58. The molecule has 1 amide bonds. The third-order valence-electron chi connectivity index (χ3n) is 2.90. The van der Waals surface area contributed by atoms with Crippen molar-refractivity contribution in [2.75, 3.05) is 0 Å². The van der Waals surface area contributed by atoms with E-state index in [0.717, 1.165) is 11.3 Å². The second kappa shape index (κ2) is 2.80. The third kappa shape index (κ3) is 1.09. The SMILES string of the molecule is CCC1(C)C(=O)NC1c1cncs1. The van der Waals surface area contributed by atoms with E-state index in [1.54, 1.807) is 16.8 Å². The van der Waals surface area contributed by atoms with Gasteiger partial charge in [-0.05, 0) is 13.3 Å². The molecule has 0 aliphatic carbocycles. The lowest BCUT2D eigenvalue weighted by molar-refractivity contribution is -0.144. The predicted octanol–water partition coefficient (Wildman–Crippen LogP) is 1.73. The number of β-lactam (4-membered cyclic amide) rings is 1. The summed E-state index contributed by atoms with van der Waals surface area (Å²) in [6, 6.07) is 0.178. The van der Waals surface area contributed by atoms with E-state index < -0.39 is 0 Å². The van der Waals surface area contributed by atoms with Crippen molar-refractivity contribution >= 4 is 17.2 Å². The summed E-state index contributed by atoms with van der Waals surface area (Å²) >= 11 is 1.60. The van der Waals surface area contributed by atoms with E-state index in [4.69, 9.17) is 0 Å². The lowest BCUT2D eigenvalue weighted by Crippen LogP contribution is -2.59. The van der Waals surface area contributed by atoms with Crippen molar-refractivity contribution in [2.45, 2.75) is 26.3 Å². The van der Waals surface area contributed by atoms with E-state index in [1.165, 1.54) is 0 Å². The van der Waals surface area contributed by atoms with Crippen LogP contribution in [0.25, 0.3) is 0 Å². The predicted molar refractivity (Wildman–Crippen MR) is 51.4 cm³/mol. The van der Waals surface area contributed by atoms with E-state index in [-0.39, 0.29) is 17.4 Å². The largest absolute Gasteiger partial charge is 0.347 e. The second-order valence-corrected chi connectivity index (χ2v) is 4.50. The van der Waals surface area contributed by atoms with Crippen LogP contribution in [-0.2, 0) is 4.79 Å². The molecule has 0 aromatic carbocycles. The number of amides is 1. The number of rotatable bonds is 2. The molecule has 4 heteroatoms. The Balaban J connectivity index is 2.25. The highest BCUT2D eigenvalue weighted by Gasteiger charge is 2.50. The summed E-state index contributed by atoms with van der Waals surface area (Å²) in [6.07, 6.45) is 2.71. The van der Waals surface area contributed by atoms with Crippen LogP contribution in [0, 0.1) is 5.41 Å². The fourth-order valence-electron chi connectivity index (χ4n) is 1.63. The molecule has 1 fully saturated rings. The molecule has 1 aliphatic heterocycles. The minimum absolute atomic E-state index is 0.161. The Bertz CT molecular complexity index is 322. The monoisotopic (exact) mass is 196 g/mol. The van der Waals surface area contributed by atoms with Gasteiger partial charge in [-0.15, -0.1) is 11.3 Å². The van der Waals surface area contributed by atoms with Gasteiger partial charge in [0.2, 0.25) is 5.91 Å². The minimum atomic E-state index is -0.216. The first-order valence-electron chi connectivity index (χ1n) is 4.38. The molecule has 13 heavy (non-hydrogen) atoms. The average molecular weight is 196 g/mol. The normalized spacial score (nSPS) is 32.5. The Hall–Kier alpha value is -0.900. The van der Waals surface area contributed by atoms with Crippen molar-refractivity contribution < 1.29 is 4.79 Å². The third-order valence-corrected chi connectivity index (χ3v) is 3.74. The number of hydrogen-bond donors (Lipinski definition) is 1. The summed E-state index contributed by atoms with van der Waals surface area (Å²) in [7, 11) is 0. The summed E-state index contributed by atoms with van der Waals surface area (Å²) in [4.78, 5) is 16.5. The summed E-state index contributed by atoms with van der Waals surface area (Å²) < 4.78 is 0. The molecule has 1 aromatic heterocycles. The number of carbonyl (C=O) groups is 1. The highest BCUT2D eigenvalue weighted by Crippen LogP contribution is 2.45. The summed E-state index contributed by atoms with van der Waals surface area (Å²) in [5.74, 6) is 0.161. The fourth-order valence-corrected chi connectivity index (χ4v) is 2.45. The molecule has 2 atom stereocenters. The van der Waals surface area contributed by atoms with Gasteiger partial charge < -0.3 is 5.32 Å². The summed E-state index contributed by atoms with van der Waals surface area (Å²) in [6.45, 7) is 4.06. The smallest absolute Gasteiger partial charge is 0.228 e.